The number of hydrogen-bond acceptors (Lipinski definition) is 4. The summed E-state index contributed by atoms with van der Waals surface area (Å²) in [7, 11) is 1.60. The minimum absolute atomic E-state index is 0.0197. The van der Waals surface area contributed by atoms with E-state index in [-0.39, 0.29) is 6.61 Å². The SMILES string of the molecule is COc1cc(CO)cc(Nc2ccccn2)c1. The summed E-state index contributed by atoms with van der Waals surface area (Å²) in [6.07, 6.45) is 1.72. The van der Waals surface area contributed by atoms with Gasteiger partial charge in [0.05, 0.1) is 13.7 Å². The predicted octanol–water partition coefficient (Wildman–Crippen LogP) is 2.33. The molecule has 0 unspecified atom stereocenters. The van der Waals surface area contributed by atoms with Gasteiger partial charge in [0.1, 0.15) is 11.6 Å². The minimum Gasteiger partial charge on any atom is -0.497 e. The van der Waals surface area contributed by atoms with Gasteiger partial charge in [-0.1, -0.05) is 6.07 Å². The molecular formula is C13H14N2O2. The average molecular weight is 230 g/mol. The average Bonchev–Trinajstić information content (AvgIpc) is 2.39. The highest BCUT2D eigenvalue weighted by molar-refractivity contribution is 5.59. The van der Waals surface area contributed by atoms with E-state index in [4.69, 9.17) is 9.84 Å². The van der Waals surface area contributed by atoms with Gasteiger partial charge in [0.2, 0.25) is 0 Å². The van der Waals surface area contributed by atoms with Crippen molar-refractivity contribution in [3.8, 4) is 5.75 Å². The normalized spacial score (nSPS) is 10.0. The van der Waals surface area contributed by atoms with Crippen molar-refractivity contribution in [2.75, 3.05) is 12.4 Å². The van der Waals surface area contributed by atoms with E-state index in [1.165, 1.54) is 0 Å². The Kier molecular flexibility index (Phi) is 3.57. The Morgan fingerprint density at radius 1 is 1.29 bits per heavy atom. The summed E-state index contributed by atoms with van der Waals surface area (Å²) in [5.41, 5.74) is 1.63. The van der Waals surface area contributed by atoms with Gasteiger partial charge < -0.3 is 15.2 Å². The number of aliphatic hydroxyl groups excluding tert-OH is 1. The molecule has 1 heterocycles. The Morgan fingerprint density at radius 2 is 2.18 bits per heavy atom. The van der Waals surface area contributed by atoms with Crippen molar-refractivity contribution < 1.29 is 9.84 Å². The number of aliphatic hydroxyl groups is 1. The zero-order valence-corrected chi connectivity index (χ0v) is 9.55. The van der Waals surface area contributed by atoms with Gasteiger partial charge in [-0.05, 0) is 29.8 Å². The van der Waals surface area contributed by atoms with E-state index in [2.05, 4.69) is 10.3 Å². The number of rotatable bonds is 4. The van der Waals surface area contributed by atoms with Crippen LogP contribution in [0.1, 0.15) is 5.56 Å². The van der Waals surface area contributed by atoms with E-state index in [1.807, 2.05) is 30.3 Å². The molecule has 17 heavy (non-hydrogen) atoms. The zero-order chi connectivity index (χ0) is 12.1. The van der Waals surface area contributed by atoms with Gasteiger partial charge in [0, 0.05) is 18.0 Å². The standard InChI is InChI=1S/C13H14N2O2/c1-17-12-7-10(9-16)6-11(8-12)15-13-4-2-3-5-14-13/h2-8,16H,9H2,1H3,(H,14,15). The lowest BCUT2D eigenvalue weighted by Gasteiger charge is -2.09. The van der Waals surface area contributed by atoms with Crippen LogP contribution in [-0.2, 0) is 6.61 Å². The van der Waals surface area contributed by atoms with Gasteiger partial charge >= 0.3 is 0 Å². The molecule has 0 fully saturated rings. The first-order valence-electron chi connectivity index (χ1n) is 5.28. The largest absolute Gasteiger partial charge is 0.497 e. The van der Waals surface area contributed by atoms with E-state index in [1.54, 1.807) is 19.4 Å². The molecule has 0 aliphatic carbocycles. The highest BCUT2D eigenvalue weighted by atomic mass is 16.5. The number of ether oxygens (including phenoxy) is 1. The van der Waals surface area contributed by atoms with Gasteiger partial charge in [-0.3, -0.25) is 0 Å². The van der Waals surface area contributed by atoms with Crippen LogP contribution in [0.4, 0.5) is 11.5 Å². The van der Waals surface area contributed by atoms with Crippen LogP contribution in [0.5, 0.6) is 5.75 Å². The Bertz CT molecular complexity index is 464. The molecule has 88 valence electrons. The van der Waals surface area contributed by atoms with Crippen LogP contribution in [0.3, 0.4) is 0 Å². The molecule has 0 saturated heterocycles. The van der Waals surface area contributed by atoms with E-state index in [0.717, 1.165) is 17.1 Å². The topological polar surface area (TPSA) is 54.4 Å². The highest BCUT2D eigenvalue weighted by Crippen LogP contribution is 2.23. The monoisotopic (exact) mass is 230 g/mol. The smallest absolute Gasteiger partial charge is 0.130 e. The molecule has 1 aromatic carbocycles. The summed E-state index contributed by atoms with van der Waals surface area (Å²) in [5, 5.41) is 12.3. The number of methoxy groups -OCH3 is 1. The number of nitrogens with zero attached hydrogens (tertiary/aromatic N) is 1. The first-order valence-corrected chi connectivity index (χ1v) is 5.28. The molecule has 0 radical (unpaired) electrons. The Morgan fingerprint density at radius 3 is 2.82 bits per heavy atom. The van der Waals surface area contributed by atoms with Gasteiger partial charge in [-0.25, -0.2) is 4.98 Å². The molecule has 0 saturated carbocycles. The van der Waals surface area contributed by atoms with Crippen LogP contribution in [0, 0.1) is 0 Å². The molecule has 4 heteroatoms. The van der Waals surface area contributed by atoms with Gasteiger partial charge in [-0.2, -0.15) is 0 Å². The summed E-state index contributed by atoms with van der Waals surface area (Å²) in [5.74, 6) is 1.46. The second-order valence-electron chi connectivity index (χ2n) is 3.57. The number of pyridine rings is 1. The van der Waals surface area contributed by atoms with Crippen molar-refractivity contribution in [1.82, 2.24) is 4.98 Å². The second-order valence-corrected chi connectivity index (χ2v) is 3.57. The molecule has 0 spiro atoms. The van der Waals surface area contributed by atoms with Crippen LogP contribution in [-0.4, -0.2) is 17.2 Å². The van der Waals surface area contributed by atoms with E-state index in [0.29, 0.717) is 5.75 Å². The Hall–Kier alpha value is -2.07. The van der Waals surface area contributed by atoms with Crippen LogP contribution < -0.4 is 10.1 Å². The highest BCUT2D eigenvalue weighted by Gasteiger charge is 2.01. The number of aromatic nitrogens is 1. The fraction of sp³-hybridized carbons (Fsp3) is 0.154. The fourth-order valence-corrected chi connectivity index (χ4v) is 1.53. The maximum absolute atomic E-state index is 9.15. The summed E-state index contributed by atoms with van der Waals surface area (Å²) in [6, 6.07) is 11.1. The van der Waals surface area contributed by atoms with Crippen molar-refractivity contribution >= 4 is 11.5 Å². The lowest BCUT2D eigenvalue weighted by Crippen LogP contribution is -1.95. The van der Waals surface area contributed by atoms with Gasteiger partial charge in [0.25, 0.3) is 0 Å². The Balaban J connectivity index is 2.26. The Labute approximate surface area is 99.9 Å². The number of hydrogen-bond donors (Lipinski definition) is 2. The zero-order valence-electron chi connectivity index (χ0n) is 9.55. The third-order valence-electron chi connectivity index (χ3n) is 2.32. The third-order valence-corrected chi connectivity index (χ3v) is 2.32. The molecule has 0 atom stereocenters. The minimum atomic E-state index is -0.0197. The third kappa shape index (κ3) is 2.95. The quantitative estimate of drug-likeness (QED) is 0.846. The van der Waals surface area contributed by atoms with Crippen LogP contribution in [0.25, 0.3) is 0 Å². The van der Waals surface area contributed by atoms with E-state index >= 15 is 0 Å². The number of benzene rings is 1. The molecule has 1 aromatic heterocycles. The second kappa shape index (κ2) is 5.32. The molecule has 4 nitrogen and oxygen atoms in total. The van der Waals surface area contributed by atoms with E-state index < -0.39 is 0 Å². The molecule has 0 aliphatic heterocycles. The van der Waals surface area contributed by atoms with Crippen molar-refractivity contribution in [1.29, 1.82) is 0 Å². The molecule has 2 aromatic rings. The van der Waals surface area contributed by atoms with Crippen molar-refractivity contribution in [3.63, 3.8) is 0 Å². The summed E-state index contributed by atoms with van der Waals surface area (Å²) >= 11 is 0. The summed E-state index contributed by atoms with van der Waals surface area (Å²) in [6.45, 7) is -0.0197. The maximum Gasteiger partial charge on any atom is 0.130 e. The number of nitrogens with one attached hydrogen (secondary N) is 1. The van der Waals surface area contributed by atoms with Gasteiger partial charge in [0.15, 0.2) is 0 Å². The molecule has 0 aliphatic rings. The lowest BCUT2D eigenvalue weighted by molar-refractivity contribution is 0.281. The molecule has 2 rings (SSSR count). The van der Waals surface area contributed by atoms with Crippen LogP contribution in [0.15, 0.2) is 42.6 Å². The van der Waals surface area contributed by atoms with Crippen molar-refractivity contribution in [3.05, 3.63) is 48.2 Å². The van der Waals surface area contributed by atoms with Gasteiger partial charge in [-0.15, -0.1) is 0 Å². The predicted molar refractivity (Wildman–Crippen MR) is 66.4 cm³/mol. The molecule has 0 bridgehead atoms. The van der Waals surface area contributed by atoms with Crippen molar-refractivity contribution in [2.24, 2.45) is 0 Å². The first-order chi connectivity index (χ1) is 8.31. The fourth-order valence-electron chi connectivity index (χ4n) is 1.53. The van der Waals surface area contributed by atoms with Crippen molar-refractivity contribution in [2.45, 2.75) is 6.61 Å². The molecular weight excluding hydrogens is 216 g/mol. The van der Waals surface area contributed by atoms with E-state index in [9.17, 15) is 0 Å². The molecule has 0 amide bonds. The first kappa shape index (κ1) is 11.4. The summed E-state index contributed by atoms with van der Waals surface area (Å²) in [4.78, 5) is 4.17. The van der Waals surface area contributed by atoms with Crippen LogP contribution >= 0.6 is 0 Å². The number of anilines is 2. The van der Waals surface area contributed by atoms with Crippen LogP contribution in [0.2, 0.25) is 0 Å². The lowest BCUT2D eigenvalue weighted by atomic mass is 10.2. The molecule has 2 N–H and O–H groups in total. The summed E-state index contributed by atoms with van der Waals surface area (Å²) < 4.78 is 5.16. The maximum atomic E-state index is 9.15.